The Labute approximate surface area is 131 Å². The highest BCUT2D eigenvalue weighted by Crippen LogP contribution is 2.08. The first kappa shape index (κ1) is 15.5. The third kappa shape index (κ3) is 4.88. The van der Waals surface area contributed by atoms with Crippen LogP contribution in [0.5, 0.6) is 0 Å². The summed E-state index contributed by atoms with van der Waals surface area (Å²) in [4.78, 5) is 1.29. The van der Waals surface area contributed by atoms with Crippen molar-refractivity contribution in [2.45, 2.75) is 12.6 Å². The molecular formula is C16H22N3OS+. The van der Waals surface area contributed by atoms with Crippen molar-refractivity contribution >= 4 is 17.3 Å². The molecule has 3 N–H and O–H groups in total. The topological polar surface area (TPSA) is 41.6 Å². The summed E-state index contributed by atoms with van der Waals surface area (Å²) in [6.07, 6.45) is 1.71. The van der Waals surface area contributed by atoms with Gasteiger partial charge in [-0.25, -0.2) is 0 Å². The third-order valence-electron chi connectivity index (χ3n) is 3.35. The Hall–Kier alpha value is -1.85. The van der Waals surface area contributed by atoms with Gasteiger partial charge in [-0.2, -0.15) is 0 Å². The minimum Gasteiger partial charge on any atom is -0.463 e. The number of hydrogen-bond acceptors (Lipinski definition) is 2. The standard InChI is InChI=1S/C16H21N3OS/c1-19(2)14(15-9-6-10-20-15)12-18-16(21)17-11-13-7-4-3-5-8-13/h3-10,14H,11-12H2,1-2H3,(H2,17,18,21)/p+1/t14-/m0/s1. The predicted molar refractivity (Wildman–Crippen MR) is 88.1 cm³/mol. The molecule has 0 amide bonds. The molecular weight excluding hydrogens is 282 g/mol. The zero-order chi connectivity index (χ0) is 15.1. The van der Waals surface area contributed by atoms with E-state index in [9.17, 15) is 0 Å². The Bertz CT molecular complexity index is 540. The molecule has 1 heterocycles. The lowest BCUT2D eigenvalue weighted by atomic mass is 10.2. The molecule has 0 saturated carbocycles. The van der Waals surface area contributed by atoms with Crippen molar-refractivity contribution in [2.24, 2.45) is 0 Å². The van der Waals surface area contributed by atoms with E-state index >= 15 is 0 Å². The first-order valence-corrected chi connectivity index (χ1v) is 7.46. The van der Waals surface area contributed by atoms with Crippen LogP contribution < -0.4 is 15.5 Å². The van der Waals surface area contributed by atoms with Gasteiger partial charge in [-0.3, -0.25) is 0 Å². The number of nitrogens with one attached hydrogen (secondary N) is 3. The molecule has 0 aliphatic heterocycles. The third-order valence-corrected chi connectivity index (χ3v) is 3.63. The molecule has 1 aromatic heterocycles. The summed E-state index contributed by atoms with van der Waals surface area (Å²) in [5.41, 5.74) is 1.21. The highest BCUT2D eigenvalue weighted by Gasteiger charge is 2.20. The Kier molecular flexibility index (Phi) is 5.78. The van der Waals surface area contributed by atoms with Gasteiger partial charge in [0, 0.05) is 6.54 Å². The van der Waals surface area contributed by atoms with E-state index < -0.39 is 0 Å². The maximum atomic E-state index is 5.49. The van der Waals surface area contributed by atoms with Gasteiger partial charge in [-0.1, -0.05) is 30.3 Å². The van der Waals surface area contributed by atoms with E-state index in [4.69, 9.17) is 16.6 Å². The van der Waals surface area contributed by atoms with Crippen LogP contribution in [-0.2, 0) is 6.54 Å². The number of quaternary nitrogens is 1. The van der Waals surface area contributed by atoms with Crippen molar-refractivity contribution < 1.29 is 9.32 Å². The zero-order valence-electron chi connectivity index (χ0n) is 12.4. The summed E-state index contributed by atoms with van der Waals surface area (Å²) < 4.78 is 5.49. The second-order valence-corrected chi connectivity index (χ2v) is 5.60. The molecule has 0 saturated heterocycles. The molecule has 1 aromatic carbocycles. The molecule has 21 heavy (non-hydrogen) atoms. The van der Waals surface area contributed by atoms with Gasteiger partial charge in [0.1, 0.15) is 0 Å². The molecule has 0 unspecified atom stereocenters. The van der Waals surface area contributed by atoms with E-state index in [0.29, 0.717) is 5.11 Å². The fourth-order valence-corrected chi connectivity index (χ4v) is 2.27. The summed E-state index contributed by atoms with van der Waals surface area (Å²) in [6.45, 7) is 1.46. The van der Waals surface area contributed by atoms with Crippen molar-refractivity contribution in [1.82, 2.24) is 10.6 Å². The number of rotatable bonds is 6. The lowest BCUT2D eigenvalue weighted by molar-refractivity contribution is -0.891. The molecule has 1 atom stereocenters. The second-order valence-electron chi connectivity index (χ2n) is 5.19. The fraction of sp³-hybridized carbons (Fsp3) is 0.312. The van der Waals surface area contributed by atoms with Gasteiger partial charge in [0.05, 0.1) is 26.9 Å². The van der Waals surface area contributed by atoms with Crippen LogP contribution in [0.2, 0.25) is 0 Å². The fourth-order valence-electron chi connectivity index (χ4n) is 2.11. The Balaban J connectivity index is 1.80. The SMILES string of the molecule is C[NH+](C)[C@@H](CNC(=S)NCc1ccccc1)c1ccco1. The molecule has 2 aromatic rings. The van der Waals surface area contributed by atoms with Crippen molar-refractivity contribution in [3.8, 4) is 0 Å². The highest BCUT2D eigenvalue weighted by molar-refractivity contribution is 7.80. The number of furan rings is 1. The normalized spacial score (nSPS) is 12.1. The zero-order valence-corrected chi connectivity index (χ0v) is 13.2. The first-order valence-electron chi connectivity index (χ1n) is 7.06. The molecule has 0 aliphatic rings. The van der Waals surface area contributed by atoms with E-state index in [1.807, 2.05) is 30.3 Å². The largest absolute Gasteiger partial charge is 0.463 e. The number of likely N-dealkylation sites (N-methyl/N-ethyl adjacent to an activating group) is 1. The van der Waals surface area contributed by atoms with Crippen LogP contribution in [0.4, 0.5) is 0 Å². The van der Waals surface area contributed by atoms with Crippen LogP contribution in [0, 0.1) is 0 Å². The van der Waals surface area contributed by atoms with Gasteiger partial charge in [0.15, 0.2) is 16.9 Å². The van der Waals surface area contributed by atoms with Crippen LogP contribution in [-0.4, -0.2) is 25.8 Å². The molecule has 2 rings (SSSR count). The Morgan fingerprint density at radius 1 is 1.14 bits per heavy atom. The molecule has 5 heteroatoms. The molecule has 112 valence electrons. The molecule has 0 radical (unpaired) electrons. The van der Waals surface area contributed by atoms with Gasteiger partial charge in [-0.15, -0.1) is 0 Å². The Morgan fingerprint density at radius 2 is 1.90 bits per heavy atom. The summed E-state index contributed by atoms with van der Waals surface area (Å²) in [7, 11) is 4.21. The maximum absolute atomic E-state index is 5.49. The quantitative estimate of drug-likeness (QED) is 0.700. The second kappa shape index (κ2) is 7.81. The summed E-state index contributed by atoms with van der Waals surface area (Å²) in [5, 5.41) is 7.14. The van der Waals surface area contributed by atoms with Crippen molar-refractivity contribution in [2.75, 3.05) is 20.6 Å². The number of hydrogen-bond donors (Lipinski definition) is 3. The van der Waals surface area contributed by atoms with E-state index in [-0.39, 0.29) is 6.04 Å². The van der Waals surface area contributed by atoms with Crippen molar-refractivity contribution in [3.63, 3.8) is 0 Å². The maximum Gasteiger partial charge on any atom is 0.166 e. The predicted octanol–water partition coefficient (Wildman–Crippen LogP) is 1.13. The van der Waals surface area contributed by atoms with E-state index in [2.05, 4.69) is 36.9 Å². The lowest BCUT2D eigenvalue weighted by Gasteiger charge is -2.20. The molecule has 0 bridgehead atoms. The van der Waals surface area contributed by atoms with Gasteiger partial charge >= 0.3 is 0 Å². The molecule has 0 spiro atoms. The van der Waals surface area contributed by atoms with Gasteiger partial charge < -0.3 is 20.0 Å². The highest BCUT2D eigenvalue weighted by atomic mass is 32.1. The molecule has 0 fully saturated rings. The van der Waals surface area contributed by atoms with E-state index in [1.165, 1.54) is 10.5 Å². The summed E-state index contributed by atoms with van der Waals surface area (Å²) >= 11 is 5.33. The summed E-state index contributed by atoms with van der Waals surface area (Å²) in [5.74, 6) is 0.966. The minimum absolute atomic E-state index is 0.233. The van der Waals surface area contributed by atoms with Crippen molar-refractivity contribution in [1.29, 1.82) is 0 Å². The van der Waals surface area contributed by atoms with E-state index in [1.54, 1.807) is 6.26 Å². The monoisotopic (exact) mass is 304 g/mol. The summed E-state index contributed by atoms with van der Waals surface area (Å²) in [6, 6.07) is 14.4. The van der Waals surface area contributed by atoms with Crippen LogP contribution in [0.1, 0.15) is 17.4 Å². The van der Waals surface area contributed by atoms with Crippen LogP contribution >= 0.6 is 12.2 Å². The average molecular weight is 304 g/mol. The molecule has 0 aliphatic carbocycles. The van der Waals surface area contributed by atoms with Crippen LogP contribution in [0.3, 0.4) is 0 Å². The van der Waals surface area contributed by atoms with Gasteiger partial charge in [0.25, 0.3) is 0 Å². The molecule has 4 nitrogen and oxygen atoms in total. The number of benzene rings is 1. The van der Waals surface area contributed by atoms with Crippen LogP contribution in [0.15, 0.2) is 53.1 Å². The minimum atomic E-state index is 0.233. The number of thiocarbonyl (C=S) groups is 1. The lowest BCUT2D eigenvalue weighted by Crippen LogP contribution is -3.07. The van der Waals surface area contributed by atoms with Crippen LogP contribution in [0.25, 0.3) is 0 Å². The smallest absolute Gasteiger partial charge is 0.166 e. The van der Waals surface area contributed by atoms with Gasteiger partial charge in [0.2, 0.25) is 0 Å². The van der Waals surface area contributed by atoms with E-state index in [0.717, 1.165) is 18.8 Å². The first-order chi connectivity index (χ1) is 10.2. The average Bonchev–Trinajstić information content (AvgIpc) is 3.00. The van der Waals surface area contributed by atoms with Crippen molar-refractivity contribution in [3.05, 3.63) is 60.1 Å². The van der Waals surface area contributed by atoms with Gasteiger partial charge in [-0.05, 0) is 29.9 Å². The Morgan fingerprint density at radius 3 is 2.52 bits per heavy atom.